The summed E-state index contributed by atoms with van der Waals surface area (Å²) in [5.41, 5.74) is 6.09. The van der Waals surface area contributed by atoms with Gasteiger partial charge in [0.1, 0.15) is 0 Å². The third-order valence-corrected chi connectivity index (χ3v) is 6.49. The predicted molar refractivity (Wildman–Crippen MR) is 140 cm³/mol. The van der Waals surface area contributed by atoms with Crippen LogP contribution in [0.15, 0.2) is 90.0 Å². The Kier molecular flexibility index (Phi) is 7.48. The van der Waals surface area contributed by atoms with Crippen LogP contribution < -0.4 is 5.32 Å². The quantitative estimate of drug-likeness (QED) is 0.277. The maximum Gasteiger partial charge on any atom is 0.256 e. The number of hydrogen-bond acceptors (Lipinski definition) is 3. The van der Waals surface area contributed by atoms with Crippen molar-refractivity contribution in [3.63, 3.8) is 0 Å². The van der Waals surface area contributed by atoms with Crippen LogP contribution in [0.1, 0.15) is 29.3 Å². The van der Waals surface area contributed by atoms with E-state index in [-0.39, 0.29) is 5.91 Å². The number of nitrogens with one attached hydrogen (secondary N) is 1. The second-order valence-electron chi connectivity index (χ2n) is 7.72. The fourth-order valence-corrected chi connectivity index (χ4v) is 4.40. The largest absolute Gasteiger partial charge is 0.322 e. The minimum absolute atomic E-state index is 0.162. The maximum absolute atomic E-state index is 13.3. The Morgan fingerprint density at radius 2 is 1.79 bits per heavy atom. The summed E-state index contributed by atoms with van der Waals surface area (Å²) in [6.07, 6.45) is 5.92. The fraction of sp³-hybridized carbons (Fsp3) is 0.143. The molecule has 3 aromatic carbocycles. The van der Waals surface area contributed by atoms with Gasteiger partial charge in [0.05, 0.1) is 10.7 Å². The second-order valence-corrected chi connectivity index (χ2v) is 9.01. The third-order valence-electron chi connectivity index (χ3n) is 5.44. The van der Waals surface area contributed by atoms with E-state index in [1.165, 1.54) is 5.56 Å². The fourth-order valence-electron chi connectivity index (χ4n) is 3.75. The maximum atomic E-state index is 13.3. The van der Waals surface area contributed by atoms with Crippen molar-refractivity contribution in [2.75, 3.05) is 11.6 Å². The van der Waals surface area contributed by atoms with Crippen molar-refractivity contribution in [1.29, 1.82) is 0 Å². The highest BCUT2D eigenvalue weighted by molar-refractivity contribution is 7.98. The highest BCUT2D eigenvalue weighted by Gasteiger charge is 2.15. The number of carbonyl (C=O) groups excluding carboxylic acids is 1. The molecule has 0 aliphatic heterocycles. The number of amides is 1. The molecule has 0 aliphatic rings. The van der Waals surface area contributed by atoms with Crippen LogP contribution in [0, 0.1) is 0 Å². The van der Waals surface area contributed by atoms with Gasteiger partial charge in [0.25, 0.3) is 5.91 Å². The molecule has 5 heteroatoms. The molecule has 1 amide bonds. The molecule has 0 bridgehead atoms. The average Bonchev–Trinajstić information content (AvgIpc) is 2.86. The molecule has 1 aromatic heterocycles. The van der Waals surface area contributed by atoms with Gasteiger partial charge in [-0.15, -0.1) is 11.8 Å². The number of aryl methyl sites for hydroxylation is 1. The predicted octanol–water partition coefficient (Wildman–Crippen LogP) is 8.00. The number of hydrogen-bond donors (Lipinski definition) is 1. The van der Waals surface area contributed by atoms with Gasteiger partial charge in [-0.1, -0.05) is 55.3 Å². The van der Waals surface area contributed by atoms with Gasteiger partial charge in [-0.3, -0.25) is 9.78 Å². The van der Waals surface area contributed by atoms with Gasteiger partial charge in [-0.25, -0.2) is 0 Å². The monoisotopic (exact) mass is 472 g/mol. The Morgan fingerprint density at radius 3 is 2.48 bits per heavy atom. The lowest BCUT2D eigenvalue weighted by molar-refractivity contribution is 0.102. The molecule has 3 nitrogen and oxygen atoms in total. The average molecular weight is 473 g/mol. The van der Waals surface area contributed by atoms with E-state index >= 15 is 0 Å². The number of aromatic nitrogens is 1. The van der Waals surface area contributed by atoms with E-state index < -0.39 is 0 Å². The number of pyridine rings is 1. The topological polar surface area (TPSA) is 42.0 Å². The number of thioether (sulfide) groups is 1. The van der Waals surface area contributed by atoms with Crippen molar-refractivity contribution in [3.05, 3.63) is 101 Å². The summed E-state index contributed by atoms with van der Waals surface area (Å²) in [6, 6.07) is 25.6. The molecular formula is C28H25ClN2OS. The van der Waals surface area contributed by atoms with E-state index in [4.69, 9.17) is 11.6 Å². The van der Waals surface area contributed by atoms with Crippen molar-refractivity contribution in [2.45, 2.75) is 24.7 Å². The van der Waals surface area contributed by atoms with E-state index in [1.54, 1.807) is 24.0 Å². The summed E-state index contributed by atoms with van der Waals surface area (Å²) in [5, 5.41) is 3.63. The first-order valence-corrected chi connectivity index (χ1v) is 12.5. The van der Waals surface area contributed by atoms with Crippen LogP contribution in [0.4, 0.5) is 5.69 Å². The van der Waals surface area contributed by atoms with Crippen molar-refractivity contribution >= 4 is 35.0 Å². The van der Waals surface area contributed by atoms with Crippen LogP contribution in [0.2, 0.25) is 5.02 Å². The Labute approximate surface area is 204 Å². The van der Waals surface area contributed by atoms with Crippen molar-refractivity contribution in [1.82, 2.24) is 4.98 Å². The zero-order valence-electron chi connectivity index (χ0n) is 18.6. The number of nitrogens with zero attached hydrogens (tertiary/aromatic N) is 1. The summed E-state index contributed by atoms with van der Waals surface area (Å²) < 4.78 is 0. The summed E-state index contributed by atoms with van der Waals surface area (Å²) in [7, 11) is 0. The van der Waals surface area contributed by atoms with Crippen LogP contribution in [0.3, 0.4) is 0 Å². The standard InChI is InChI=1S/C28H25ClN2OS/c1-3-6-19-8-10-20(11-9-19)24-18-22(33-2)13-14-23(24)28(32)31-21-12-15-26(29)25(17-21)27-7-4-5-16-30-27/h4-5,7-18H,3,6H2,1-2H3,(H,31,32). The van der Waals surface area contributed by atoms with Crippen molar-refractivity contribution in [3.8, 4) is 22.4 Å². The molecule has 33 heavy (non-hydrogen) atoms. The summed E-state index contributed by atoms with van der Waals surface area (Å²) in [4.78, 5) is 18.8. The van der Waals surface area contributed by atoms with Gasteiger partial charge in [0, 0.05) is 27.9 Å². The lowest BCUT2D eigenvalue weighted by atomic mass is 9.97. The van der Waals surface area contributed by atoms with Crippen LogP contribution in [-0.4, -0.2) is 17.1 Å². The van der Waals surface area contributed by atoms with E-state index in [2.05, 4.69) is 47.6 Å². The van der Waals surface area contributed by atoms with Gasteiger partial charge in [-0.05, 0) is 77.9 Å². The minimum atomic E-state index is -0.162. The molecule has 0 spiro atoms. The van der Waals surface area contributed by atoms with Gasteiger partial charge < -0.3 is 5.32 Å². The molecule has 0 fully saturated rings. The number of benzene rings is 3. The lowest BCUT2D eigenvalue weighted by Crippen LogP contribution is -2.13. The highest BCUT2D eigenvalue weighted by Crippen LogP contribution is 2.32. The first-order valence-electron chi connectivity index (χ1n) is 10.9. The van der Waals surface area contributed by atoms with Crippen LogP contribution >= 0.6 is 23.4 Å². The minimum Gasteiger partial charge on any atom is -0.322 e. The van der Waals surface area contributed by atoms with Crippen LogP contribution in [0.25, 0.3) is 22.4 Å². The van der Waals surface area contributed by atoms with E-state index in [0.29, 0.717) is 16.3 Å². The Hall–Kier alpha value is -3.08. The summed E-state index contributed by atoms with van der Waals surface area (Å²) >= 11 is 8.06. The summed E-state index contributed by atoms with van der Waals surface area (Å²) in [6.45, 7) is 2.17. The normalized spacial score (nSPS) is 10.8. The van der Waals surface area contributed by atoms with Gasteiger partial charge >= 0.3 is 0 Å². The molecule has 0 atom stereocenters. The second kappa shape index (κ2) is 10.7. The Bertz CT molecular complexity index is 1260. The molecule has 4 rings (SSSR count). The zero-order chi connectivity index (χ0) is 23.2. The molecule has 0 saturated heterocycles. The Morgan fingerprint density at radius 1 is 0.970 bits per heavy atom. The molecule has 166 valence electrons. The number of anilines is 1. The molecule has 0 radical (unpaired) electrons. The zero-order valence-corrected chi connectivity index (χ0v) is 20.2. The Balaban J connectivity index is 1.66. The van der Waals surface area contributed by atoms with Gasteiger partial charge in [0.2, 0.25) is 0 Å². The van der Waals surface area contributed by atoms with Gasteiger partial charge in [-0.2, -0.15) is 0 Å². The van der Waals surface area contributed by atoms with Crippen molar-refractivity contribution in [2.24, 2.45) is 0 Å². The third kappa shape index (κ3) is 5.47. The summed E-state index contributed by atoms with van der Waals surface area (Å²) in [5.74, 6) is -0.162. The number of rotatable bonds is 7. The van der Waals surface area contributed by atoms with Crippen LogP contribution in [-0.2, 0) is 6.42 Å². The molecule has 0 saturated carbocycles. The number of carbonyl (C=O) groups is 1. The van der Waals surface area contributed by atoms with E-state index in [1.807, 2.05) is 48.7 Å². The first kappa shape index (κ1) is 23.1. The molecule has 0 aliphatic carbocycles. The molecule has 1 N–H and O–H groups in total. The van der Waals surface area contributed by atoms with E-state index in [9.17, 15) is 4.79 Å². The van der Waals surface area contributed by atoms with E-state index in [0.717, 1.165) is 40.1 Å². The first-order chi connectivity index (χ1) is 16.1. The number of halogens is 1. The molecule has 4 aromatic rings. The molecule has 1 heterocycles. The molecule has 0 unspecified atom stereocenters. The highest BCUT2D eigenvalue weighted by atomic mass is 35.5. The lowest BCUT2D eigenvalue weighted by Gasteiger charge is -2.14. The smallest absolute Gasteiger partial charge is 0.256 e. The SMILES string of the molecule is CCCc1ccc(-c2cc(SC)ccc2C(=O)Nc2ccc(Cl)c(-c3ccccn3)c2)cc1. The molecular weight excluding hydrogens is 448 g/mol. The van der Waals surface area contributed by atoms with Crippen LogP contribution in [0.5, 0.6) is 0 Å². The van der Waals surface area contributed by atoms with Gasteiger partial charge in [0.15, 0.2) is 0 Å². The van der Waals surface area contributed by atoms with Crippen molar-refractivity contribution < 1.29 is 4.79 Å².